The zero-order valence-electron chi connectivity index (χ0n) is 17.2. The molecule has 0 aliphatic heterocycles. The van der Waals surface area contributed by atoms with E-state index in [0.29, 0.717) is 5.56 Å². The maximum Gasteiger partial charge on any atom is 0.341 e. The number of ether oxygens (including phenoxy) is 2. The highest BCUT2D eigenvalue weighted by Gasteiger charge is 2.26. The number of nitrogens with zero attached hydrogens (tertiary/aromatic N) is 1. The Morgan fingerprint density at radius 3 is 2.61 bits per heavy atom. The molecule has 33 heavy (non-hydrogen) atoms. The van der Waals surface area contributed by atoms with Gasteiger partial charge in [-0.2, -0.15) is 0 Å². The Morgan fingerprint density at radius 2 is 2.00 bits per heavy atom. The standard InChI is InChI=1S/C20H16ClN3O8S/c1-9-15(20(27)30-2)19(33-16(9)17(22)25)23-18(26)14-6-4-11(32-14)8-31-13-5-3-10(24(28)29)7-12(13)21/h3-7H,8H2,1-2H3,(H2,22,25)(H,23,26). The van der Waals surface area contributed by atoms with Crippen LogP contribution in [0.1, 0.15) is 41.9 Å². The molecule has 13 heteroatoms. The number of nitro groups is 1. The number of nitro benzene ring substituents is 1. The van der Waals surface area contributed by atoms with E-state index in [9.17, 15) is 24.5 Å². The summed E-state index contributed by atoms with van der Waals surface area (Å²) in [6.45, 7) is 1.41. The lowest BCUT2D eigenvalue weighted by atomic mass is 10.1. The van der Waals surface area contributed by atoms with Crippen LogP contribution < -0.4 is 15.8 Å². The minimum atomic E-state index is -0.745. The van der Waals surface area contributed by atoms with Crippen molar-refractivity contribution in [1.82, 2.24) is 0 Å². The van der Waals surface area contributed by atoms with Gasteiger partial charge in [-0.3, -0.25) is 19.7 Å². The van der Waals surface area contributed by atoms with Gasteiger partial charge in [0.05, 0.1) is 27.5 Å². The Morgan fingerprint density at radius 1 is 1.27 bits per heavy atom. The van der Waals surface area contributed by atoms with Crippen molar-refractivity contribution in [3.8, 4) is 5.75 Å². The largest absolute Gasteiger partial charge is 0.484 e. The van der Waals surface area contributed by atoms with Gasteiger partial charge in [0.2, 0.25) is 0 Å². The molecule has 0 radical (unpaired) electrons. The number of carbonyl (C=O) groups excluding carboxylic acids is 3. The molecule has 1 aromatic carbocycles. The van der Waals surface area contributed by atoms with Gasteiger partial charge in [-0.15, -0.1) is 11.3 Å². The molecule has 0 aliphatic carbocycles. The third-order valence-corrected chi connectivity index (χ3v) is 5.89. The molecule has 2 amide bonds. The van der Waals surface area contributed by atoms with Crippen molar-refractivity contribution in [3.63, 3.8) is 0 Å². The normalized spacial score (nSPS) is 10.5. The predicted molar refractivity (Wildman–Crippen MR) is 118 cm³/mol. The highest BCUT2D eigenvalue weighted by molar-refractivity contribution is 7.18. The second-order valence-electron chi connectivity index (χ2n) is 6.50. The Labute approximate surface area is 195 Å². The first-order valence-electron chi connectivity index (χ1n) is 9.10. The van der Waals surface area contributed by atoms with Crippen LogP contribution in [0.4, 0.5) is 10.7 Å². The molecule has 0 aliphatic rings. The van der Waals surface area contributed by atoms with E-state index in [1.165, 1.54) is 38.3 Å². The fraction of sp³-hybridized carbons (Fsp3) is 0.150. The summed E-state index contributed by atoms with van der Waals surface area (Å²) in [4.78, 5) is 46.6. The molecule has 3 rings (SSSR count). The number of nitrogens with one attached hydrogen (secondary N) is 1. The summed E-state index contributed by atoms with van der Waals surface area (Å²) in [7, 11) is 1.17. The summed E-state index contributed by atoms with van der Waals surface area (Å²) in [5, 5.41) is 13.4. The molecule has 3 aromatic rings. The van der Waals surface area contributed by atoms with Gasteiger partial charge in [0.1, 0.15) is 23.1 Å². The van der Waals surface area contributed by atoms with Crippen LogP contribution in [-0.4, -0.2) is 29.8 Å². The first-order valence-corrected chi connectivity index (χ1v) is 10.3. The number of furan rings is 1. The second-order valence-corrected chi connectivity index (χ2v) is 7.92. The number of rotatable bonds is 8. The summed E-state index contributed by atoms with van der Waals surface area (Å²) >= 11 is 6.82. The number of halogens is 1. The molecular weight excluding hydrogens is 478 g/mol. The number of amides is 2. The first-order chi connectivity index (χ1) is 15.6. The van der Waals surface area contributed by atoms with E-state index in [4.69, 9.17) is 31.2 Å². The maximum atomic E-state index is 12.6. The van der Waals surface area contributed by atoms with E-state index in [1.54, 1.807) is 0 Å². The molecule has 3 N–H and O–H groups in total. The second kappa shape index (κ2) is 9.71. The van der Waals surface area contributed by atoms with Crippen LogP contribution in [0.5, 0.6) is 5.75 Å². The Bertz CT molecular complexity index is 1270. The lowest BCUT2D eigenvalue weighted by Gasteiger charge is -2.06. The van der Waals surface area contributed by atoms with Crippen LogP contribution in [0.25, 0.3) is 0 Å². The van der Waals surface area contributed by atoms with E-state index in [-0.39, 0.29) is 50.0 Å². The Hall–Kier alpha value is -3.90. The Balaban J connectivity index is 1.73. The van der Waals surface area contributed by atoms with Crippen molar-refractivity contribution in [2.75, 3.05) is 12.4 Å². The van der Waals surface area contributed by atoms with Crippen molar-refractivity contribution < 1.29 is 33.2 Å². The van der Waals surface area contributed by atoms with Gasteiger partial charge in [0, 0.05) is 12.1 Å². The fourth-order valence-electron chi connectivity index (χ4n) is 2.80. The number of anilines is 1. The number of esters is 1. The van der Waals surface area contributed by atoms with Crippen molar-refractivity contribution in [2.24, 2.45) is 5.73 Å². The van der Waals surface area contributed by atoms with Crippen LogP contribution in [0, 0.1) is 17.0 Å². The zero-order chi connectivity index (χ0) is 24.3. The number of non-ortho nitro benzene ring substituents is 1. The highest BCUT2D eigenvalue weighted by Crippen LogP contribution is 2.34. The van der Waals surface area contributed by atoms with E-state index >= 15 is 0 Å². The maximum absolute atomic E-state index is 12.6. The average molecular weight is 494 g/mol. The molecule has 172 valence electrons. The van der Waals surface area contributed by atoms with E-state index in [0.717, 1.165) is 17.4 Å². The third-order valence-electron chi connectivity index (χ3n) is 4.37. The molecule has 2 heterocycles. The summed E-state index contributed by atoms with van der Waals surface area (Å²) in [6, 6.07) is 6.62. The topological polar surface area (TPSA) is 164 Å². The molecule has 0 saturated heterocycles. The minimum absolute atomic E-state index is 0.0209. The van der Waals surface area contributed by atoms with Gasteiger partial charge in [0.15, 0.2) is 5.76 Å². The molecule has 0 atom stereocenters. The molecule has 0 spiro atoms. The number of nitrogens with two attached hydrogens (primary N) is 1. The quantitative estimate of drug-likeness (QED) is 0.270. The summed E-state index contributed by atoms with van der Waals surface area (Å²) in [5.74, 6) is -1.79. The molecule has 11 nitrogen and oxygen atoms in total. The molecule has 0 saturated carbocycles. The van der Waals surface area contributed by atoms with Gasteiger partial charge in [-0.25, -0.2) is 4.79 Å². The summed E-state index contributed by atoms with van der Waals surface area (Å²) in [5.41, 5.74) is 5.46. The molecule has 0 bridgehead atoms. The van der Waals surface area contributed by atoms with Gasteiger partial charge >= 0.3 is 5.97 Å². The third kappa shape index (κ3) is 5.13. The van der Waals surface area contributed by atoms with E-state index in [1.807, 2.05) is 0 Å². The van der Waals surface area contributed by atoms with Gasteiger partial charge in [-0.1, -0.05) is 11.6 Å². The molecule has 0 fully saturated rings. The van der Waals surface area contributed by atoms with Crippen molar-refractivity contribution in [2.45, 2.75) is 13.5 Å². The first kappa shape index (κ1) is 23.8. The lowest BCUT2D eigenvalue weighted by Crippen LogP contribution is -2.14. The van der Waals surface area contributed by atoms with Gasteiger partial charge in [0.25, 0.3) is 17.5 Å². The van der Waals surface area contributed by atoms with Crippen molar-refractivity contribution in [3.05, 3.63) is 73.0 Å². The molecular formula is C20H16ClN3O8S. The van der Waals surface area contributed by atoms with Crippen molar-refractivity contribution in [1.29, 1.82) is 0 Å². The van der Waals surface area contributed by atoms with Gasteiger partial charge in [-0.05, 0) is 30.7 Å². The van der Waals surface area contributed by atoms with E-state index in [2.05, 4.69) is 5.32 Å². The van der Waals surface area contributed by atoms with E-state index < -0.39 is 22.7 Å². The summed E-state index contributed by atoms with van der Waals surface area (Å²) in [6.07, 6.45) is 0. The van der Waals surface area contributed by atoms with Crippen LogP contribution in [0.15, 0.2) is 34.7 Å². The zero-order valence-corrected chi connectivity index (χ0v) is 18.7. The predicted octanol–water partition coefficient (Wildman–Crippen LogP) is 3.93. The van der Waals surface area contributed by atoms with Crippen molar-refractivity contribution >= 4 is 51.4 Å². The number of primary amides is 1. The number of methoxy groups -OCH3 is 1. The van der Waals surface area contributed by atoms with Crippen LogP contribution >= 0.6 is 22.9 Å². The monoisotopic (exact) mass is 493 g/mol. The number of hydrogen-bond donors (Lipinski definition) is 2. The number of carbonyl (C=O) groups is 3. The number of thiophene rings is 1. The minimum Gasteiger partial charge on any atom is -0.484 e. The summed E-state index contributed by atoms with van der Waals surface area (Å²) < 4.78 is 15.7. The smallest absolute Gasteiger partial charge is 0.341 e. The number of benzene rings is 1. The van der Waals surface area contributed by atoms with Crippen LogP contribution in [0.2, 0.25) is 5.02 Å². The van der Waals surface area contributed by atoms with Crippen LogP contribution in [-0.2, 0) is 11.3 Å². The van der Waals surface area contributed by atoms with Crippen LogP contribution in [0.3, 0.4) is 0 Å². The SMILES string of the molecule is COC(=O)c1c(NC(=O)c2ccc(COc3ccc([N+](=O)[O-])cc3Cl)o2)sc(C(N)=O)c1C. The van der Waals surface area contributed by atoms with Gasteiger partial charge < -0.3 is 24.9 Å². The lowest BCUT2D eigenvalue weighted by molar-refractivity contribution is -0.384. The highest BCUT2D eigenvalue weighted by atomic mass is 35.5. The molecule has 0 unspecified atom stereocenters. The average Bonchev–Trinajstić information content (AvgIpc) is 3.37. The Kier molecular flexibility index (Phi) is 6.99. The fourth-order valence-corrected chi connectivity index (χ4v) is 4.07. The number of hydrogen-bond acceptors (Lipinski definition) is 9. The molecule has 2 aromatic heterocycles.